The lowest BCUT2D eigenvalue weighted by Crippen LogP contribution is -2.36. The van der Waals surface area contributed by atoms with Crippen LogP contribution < -0.4 is 21.1 Å². The number of nitrogens with two attached hydrogens (primary N) is 1. The van der Waals surface area contributed by atoms with Crippen molar-refractivity contribution in [1.29, 1.82) is 0 Å². The van der Waals surface area contributed by atoms with Gasteiger partial charge in [-0.05, 0) is 63.6 Å². The summed E-state index contributed by atoms with van der Waals surface area (Å²) in [6, 6.07) is 12.1. The molecule has 1 aliphatic heterocycles. The van der Waals surface area contributed by atoms with E-state index in [9.17, 15) is 14.4 Å². The van der Waals surface area contributed by atoms with E-state index in [1.54, 1.807) is 32.9 Å². The summed E-state index contributed by atoms with van der Waals surface area (Å²) in [6.45, 7) is 5.36. The Morgan fingerprint density at radius 2 is 1.97 bits per heavy atom. The van der Waals surface area contributed by atoms with Crippen molar-refractivity contribution in [2.24, 2.45) is 5.73 Å². The molecule has 0 radical (unpaired) electrons. The fourth-order valence-corrected chi connectivity index (χ4v) is 3.83. The van der Waals surface area contributed by atoms with Crippen LogP contribution in [0.15, 0.2) is 52.3 Å². The smallest absolute Gasteiger partial charge is 0.306 e. The second-order valence-electron chi connectivity index (χ2n) is 8.35. The van der Waals surface area contributed by atoms with Crippen molar-refractivity contribution in [3.63, 3.8) is 0 Å². The van der Waals surface area contributed by atoms with Gasteiger partial charge < -0.3 is 25.8 Å². The number of fused-ring (bicyclic) bond motifs is 1. The first-order chi connectivity index (χ1) is 15.1. The first-order valence-corrected chi connectivity index (χ1v) is 11.0. The Hall–Kier alpha value is -3.04. The lowest BCUT2D eigenvalue weighted by molar-refractivity contribution is -0.155. The average molecular weight is 458 g/mol. The van der Waals surface area contributed by atoms with E-state index in [-0.39, 0.29) is 37.2 Å². The zero-order valence-corrected chi connectivity index (χ0v) is 19.1. The minimum atomic E-state index is -0.827. The molecule has 1 heterocycles. The number of rotatable bonds is 7. The molecule has 8 nitrogen and oxygen atoms in total. The normalized spacial score (nSPS) is 13.9. The zero-order chi connectivity index (χ0) is 23.3. The van der Waals surface area contributed by atoms with E-state index in [2.05, 4.69) is 10.6 Å². The van der Waals surface area contributed by atoms with Crippen LogP contribution >= 0.6 is 11.8 Å². The van der Waals surface area contributed by atoms with Crippen LogP contribution in [0, 0.1) is 0 Å². The highest BCUT2D eigenvalue weighted by Crippen LogP contribution is 2.36. The SMILES string of the molecule is CC(C)(C)OC(=O)CCC(N)C(=O)Nc1cccc(Sc2ccc3c(c2)OCC(=O)N3)c1. The van der Waals surface area contributed by atoms with Gasteiger partial charge in [0.2, 0.25) is 5.91 Å². The first-order valence-electron chi connectivity index (χ1n) is 10.2. The summed E-state index contributed by atoms with van der Waals surface area (Å²) < 4.78 is 10.7. The Labute approximate surface area is 191 Å². The van der Waals surface area contributed by atoms with Gasteiger partial charge >= 0.3 is 5.97 Å². The van der Waals surface area contributed by atoms with Gasteiger partial charge in [0.15, 0.2) is 6.61 Å². The maximum absolute atomic E-state index is 12.4. The summed E-state index contributed by atoms with van der Waals surface area (Å²) in [4.78, 5) is 37.5. The molecule has 1 aliphatic rings. The van der Waals surface area contributed by atoms with Gasteiger partial charge in [-0.3, -0.25) is 14.4 Å². The molecule has 2 aromatic carbocycles. The lowest BCUT2D eigenvalue weighted by Gasteiger charge is -2.20. The number of anilines is 2. The Morgan fingerprint density at radius 3 is 2.72 bits per heavy atom. The molecule has 32 heavy (non-hydrogen) atoms. The molecule has 0 saturated heterocycles. The summed E-state index contributed by atoms with van der Waals surface area (Å²) >= 11 is 1.49. The van der Waals surface area contributed by atoms with E-state index < -0.39 is 11.6 Å². The number of hydrogen-bond donors (Lipinski definition) is 3. The first kappa shape index (κ1) is 23.6. The predicted molar refractivity (Wildman–Crippen MR) is 123 cm³/mol. The molecule has 4 N–H and O–H groups in total. The molecule has 1 unspecified atom stereocenters. The van der Waals surface area contributed by atoms with Crippen LogP contribution in [0.4, 0.5) is 11.4 Å². The van der Waals surface area contributed by atoms with E-state index in [0.29, 0.717) is 17.1 Å². The van der Waals surface area contributed by atoms with Gasteiger partial charge in [-0.1, -0.05) is 17.8 Å². The molecule has 1 atom stereocenters. The van der Waals surface area contributed by atoms with Gasteiger partial charge in [0.1, 0.15) is 11.4 Å². The molecular formula is C23H27N3O5S. The largest absolute Gasteiger partial charge is 0.482 e. The summed E-state index contributed by atoms with van der Waals surface area (Å²) in [5, 5.41) is 5.55. The third-order valence-corrected chi connectivity index (χ3v) is 5.32. The topological polar surface area (TPSA) is 120 Å². The Balaban J connectivity index is 1.56. The number of amides is 2. The minimum absolute atomic E-state index is 0.00316. The van der Waals surface area contributed by atoms with Crippen LogP contribution in [0.1, 0.15) is 33.6 Å². The van der Waals surface area contributed by atoms with Crippen LogP contribution in [0.25, 0.3) is 0 Å². The second kappa shape index (κ2) is 10.1. The van der Waals surface area contributed by atoms with E-state index in [1.165, 1.54) is 11.8 Å². The highest BCUT2D eigenvalue weighted by molar-refractivity contribution is 7.99. The highest BCUT2D eigenvalue weighted by Gasteiger charge is 2.20. The molecule has 3 rings (SSSR count). The molecule has 0 aliphatic carbocycles. The van der Waals surface area contributed by atoms with Crippen molar-refractivity contribution in [2.75, 3.05) is 17.2 Å². The van der Waals surface area contributed by atoms with Crippen LogP contribution in [-0.4, -0.2) is 36.0 Å². The zero-order valence-electron chi connectivity index (χ0n) is 18.3. The molecular weight excluding hydrogens is 430 g/mol. The van der Waals surface area contributed by atoms with Crippen molar-refractivity contribution in [1.82, 2.24) is 0 Å². The summed E-state index contributed by atoms with van der Waals surface area (Å²) in [6.07, 6.45) is 0.267. The van der Waals surface area contributed by atoms with Crippen LogP contribution in [0.5, 0.6) is 5.75 Å². The van der Waals surface area contributed by atoms with E-state index in [4.69, 9.17) is 15.2 Å². The van der Waals surface area contributed by atoms with Gasteiger partial charge in [0.25, 0.3) is 5.91 Å². The van der Waals surface area contributed by atoms with Crippen LogP contribution in [0.2, 0.25) is 0 Å². The van der Waals surface area contributed by atoms with Crippen LogP contribution in [-0.2, 0) is 19.1 Å². The van der Waals surface area contributed by atoms with Crippen LogP contribution in [0.3, 0.4) is 0 Å². The number of esters is 1. The number of ether oxygens (including phenoxy) is 2. The standard InChI is InChI=1S/C23H27N3O5S/c1-23(2,3)31-21(28)10-8-17(24)22(29)25-14-5-4-6-15(11-14)32-16-7-9-18-19(12-16)30-13-20(27)26-18/h4-7,9,11-12,17H,8,10,13,24H2,1-3H3,(H,25,29)(H,26,27). The minimum Gasteiger partial charge on any atom is -0.482 e. The van der Waals surface area contributed by atoms with Crippen molar-refractivity contribution in [3.05, 3.63) is 42.5 Å². The number of carbonyl (C=O) groups is 3. The number of nitrogens with one attached hydrogen (secondary N) is 2. The molecule has 0 saturated carbocycles. The third kappa shape index (κ3) is 7.00. The van der Waals surface area contributed by atoms with Gasteiger partial charge in [-0.2, -0.15) is 0 Å². The van der Waals surface area contributed by atoms with Gasteiger partial charge in [-0.25, -0.2) is 0 Å². The van der Waals surface area contributed by atoms with Crippen molar-refractivity contribution >= 4 is 40.9 Å². The summed E-state index contributed by atoms with van der Waals surface area (Å²) in [5.41, 5.74) is 6.63. The Morgan fingerprint density at radius 1 is 1.22 bits per heavy atom. The fourth-order valence-electron chi connectivity index (χ4n) is 2.92. The number of hydrogen-bond acceptors (Lipinski definition) is 7. The Bertz CT molecular complexity index is 1020. The molecule has 170 valence electrons. The van der Waals surface area contributed by atoms with Crippen molar-refractivity contribution < 1.29 is 23.9 Å². The molecule has 0 spiro atoms. The van der Waals surface area contributed by atoms with Crippen molar-refractivity contribution in [3.8, 4) is 5.75 Å². The second-order valence-corrected chi connectivity index (χ2v) is 9.49. The highest BCUT2D eigenvalue weighted by atomic mass is 32.2. The summed E-state index contributed by atoms with van der Waals surface area (Å²) in [5.74, 6) is -0.304. The van der Waals surface area contributed by atoms with Gasteiger partial charge in [0.05, 0.1) is 11.7 Å². The van der Waals surface area contributed by atoms with Gasteiger partial charge in [-0.15, -0.1) is 0 Å². The molecule has 0 aromatic heterocycles. The fraction of sp³-hybridized carbons (Fsp3) is 0.348. The van der Waals surface area contributed by atoms with E-state index in [0.717, 1.165) is 9.79 Å². The Kier molecular flexibility index (Phi) is 7.42. The number of carbonyl (C=O) groups excluding carboxylic acids is 3. The molecule has 2 amide bonds. The lowest BCUT2D eigenvalue weighted by atomic mass is 10.1. The van der Waals surface area contributed by atoms with E-state index in [1.807, 2.05) is 30.3 Å². The molecule has 2 aromatic rings. The maximum Gasteiger partial charge on any atom is 0.306 e. The molecule has 0 fully saturated rings. The van der Waals surface area contributed by atoms with Crippen molar-refractivity contribution in [2.45, 2.75) is 55.0 Å². The predicted octanol–water partition coefficient (Wildman–Crippen LogP) is 3.56. The quantitative estimate of drug-likeness (QED) is 0.544. The van der Waals surface area contributed by atoms with E-state index >= 15 is 0 Å². The third-order valence-electron chi connectivity index (χ3n) is 4.34. The average Bonchev–Trinajstić information content (AvgIpc) is 2.71. The molecule has 0 bridgehead atoms. The molecule has 9 heteroatoms. The van der Waals surface area contributed by atoms with Gasteiger partial charge in [0, 0.05) is 21.9 Å². The summed E-state index contributed by atoms with van der Waals surface area (Å²) in [7, 11) is 0. The maximum atomic E-state index is 12.4. The number of benzene rings is 2. The monoisotopic (exact) mass is 457 g/mol.